The van der Waals surface area contributed by atoms with E-state index in [9.17, 15) is 22.4 Å². The van der Waals surface area contributed by atoms with Crippen LogP contribution in [0.5, 0.6) is 5.75 Å². The van der Waals surface area contributed by atoms with Crippen molar-refractivity contribution in [1.82, 2.24) is 10.2 Å². The summed E-state index contributed by atoms with van der Waals surface area (Å²) in [5, 5.41) is 2.86. The quantitative estimate of drug-likeness (QED) is 0.519. The molecule has 0 aliphatic carbocycles. The minimum atomic E-state index is -3.87. The fourth-order valence-corrected chi connectivity index (χ4v) is 4.09. The normalized spacial score (nSPS) is 13.0. The molecule has 0 aromatic heterocycles. The van der Waals surface area contributed by atoms with Crippen LogP contribution in [0.1, 0.15) is 32.8 Å². The van der Waals surface area contributed by atoms with Crippen molar-refractivity contribution in [2.24, 2.45) is 0 Å². The van der Waals surface area contributed by atoms with Crippen molar-refractivity contribution < 1.29 is 27.1 Å². The van der Waals surface area contributed by atoms with Crippen LogP contribution in [0, 0.1) is 5.82 Å². The highest BCUT2D eigenvalue weighted by Gasteiger charge is 2.30. The van der Waals surface area contributed by atoms with Gasteiger partial charge in [0.25, 0.3) is 0 Å². The van der Waals surface area contributed by atoms with Gasteiger partial charge < -0.3 is 15.0 Å². The average Bonchev–Trinajstić information content (AvgIpc) is 2.80. The van der Waals surface area contributed by atoms with E-state index in [1.807, 2.05) is 13.8 Å². The van der Waals surface area contributed by atoms with Crippen molar-refractivity contribution in [3.05, 3.63) is 59.9 Å². The van der Waals surface area contributed by atoms with Crippen LogP contribution in [0.4, 0.5) is 10.1 Å². The summed E-state index contributed by atoms with van der Waals surface area (Å²) in [4.78, 5) is 27.6. The minimum Gasteiger partial charge on any atom is -0.497 e. The Bertz CT molecular complexity index is 1090. The van der Waals surface area contributed by atoms with Crippen molar-refractivity contribution in [1.29, 1.82) is 0 Å². The molecule has 0 unspecified atom stereocenters. The molecule has 0 saturated carbocycles. The minimum absolute atomic E-state index is 0.0617. The van der Waals surface area contributed by atoms with E-state index < -0.39 is 34.3 Å². The van der Waals surface area contributed by atoms with Gasteiger partial charge in [-0.1, -0.05) is 19.1 Å². The number of carbonyl (C=O) groups excluding carboxylic acids is 2. The molecule has 2 rings (SSSR count). The van der Waals surface area contributed by atoms with Crippen molar-refractivity contribution >= 4 is 27.5 Å². The number of benzene rings is 2. The van der Waals surface area contributed by atoms with E-state index >= 15 is 0 Å². The number of nitrogens with one attached hydrogen (secondary N) is 1. The molecule has 34 heavy (non-hydrogen) atoms. The molecular weight excluding hydrogens is 461 g/mol. The first kappa shape index (κ1) is 27.1. The Morgan fingerprint density at radius 2 is 1.76 bits per heavy atom. The van der Waals surface area contributed by atoms with Crippen molar-refractivity contribution in [3.63, 3.8) is 0 Å². The van der Waals surface area contributed by atoms with Crippen molar-refractivity contribution in [3.8, 4) is 5.75 Å². The SMILES string of the molecule is CC[C@H](C)NC(=O)[C@H](C)N(Cc1cccc(OC)c1)C(=O)CN(c1ccc(F)cc1)S(C)(=O)=O. The lowest BCUT2D eigenvalue weighted by molar-refractivity contribution is -0.139. The molecule has 2 amide bonds. The Kier molecular flexibility index (Phi) is 9.43. The molecule has 2 aromatic carbocycles. The number of anilines is 1. The largest absolute Gasteiger partial charge is 0.497 e. The predicted molar refractivity (Wildman–Crippen MR) is 129 cm³/mol. The highest BCUT2D eigenvalue weighted by Crippen LogP contribution is 2.20. The number of amides is 2. The molecule has 0 aliphatic heterocycles. The van der Waals surface area contributed by atoms with E-state index in [-0.39, 0.29) is 24.2 Å². The van der Waals surface area contributed by atoms with E-state index in [1.54, 1.807) is 31.2 Å². The van der Waals surface area contributed by atoms with Crippen molar-refractivity contribution in [2.75, 3.05) is 24.2 Å². The van der Waals surface area contributed by atoms with Gasteiger partial charge in [-0.25, -0.2) is 12.8 Å². The Labute approximate surface area is 200 Å². The van der Waals surface area contributed by atoms with Gasteiger partial charge in [0.15, 0.2) is 0 Å². The van der Waals surface area contributed by atoms with E-state index in [0.717, 1.165) is 22.7 Å². The number of nitrogens with zero attached hydrogens (tertiary/aromatic N) is 2. The van der Waals surface area contributed by atoms with Crippen LogP contribution in [0.3, 0.4) is 0 Å². The lowest BCUT2D eigenvalue weighted by Crippen LogP contribution is -2.52. The number of ether oxygens (including phenoxy) is 1. The fourth-order valence-electron chi connectivity index (χ4n) is 3.24. The number of methoxy groups -OCH3 is 1. The second-order valence-corrected chi connectivity index (χ2v) is 10.0. The first-order valence-electron chi connectivity index (χ1n) is 10.9. The molecular formula is C24H32FN3O5S. The molecule has 0 radical (unpaired) electrons. The lowest BCUT2D eigenvalue weighted by Gasteiger charge is -2.32. The zero-order chi connectivity index (χ0) is 25.5. The maximum Gasteiger partial charge on any atom is 0.244 e. The van der Waals surface area contributed by atoms with Crippen LogP contribution < -0.4 is 14.4 Å². The van der Waals surface area contributed by atoms with E-state index in [2.05, 4.69) is 5.32 Å². The van der Waals surface area contributed by atoms with Gasteiger partial charge in [0, 0.05) is 12.6 Å². The fraction of sp³-hybridized carbons (Fsp3) is 0.417. The third kappa shape index (κ3) is 7.44. The van der Waals surface area contributed by atoms with Gasteiger partial charge in [0.05, 0.1) is 19.1 Å². The highest BCUT2D eigenvalue weighted by molar-refractivity contribution is 7.92. The van der Waals surface area contributed by atoms with Crippen LogP contribution in [-0.2, 0) is 26.2 Å². The number of rotatable bonds is 11. The molecule has 0 bridgehead atoms. The standard InChI is InChI=1S/C24H32FN3O5S/c1-6-17(2)26-24(30)18(3)27(15-19-8-7-9-22(14-19)33-4)23(29)16-28(34(5,31)32)21-12-10-20(25)11-13-21/h7-14,17-18H,6,15-16H2,1-5H3,(H,26,30)/t17-,18-/m0/s1. The van der Waals surface area contributed by atoms with Gasteiger partial charge in [-0.15, -0.1) is 0 Å². The third-order valence-corrected chi connectivity index (χ3v) is 6.59. The Morgan fingerprint density at radius 1 is 1.12 bits per heavy atom. The van der Waals surface area contributed by atoms with Gasteiger partial charge in [-0.05, 0) is 62.2 Å². The zero-order valence-corrected chi connectivity index (χ0v) is 20.9. The van der Waals surface area contributed by atoms with E-state index in [1.165, 1.54) is 24.1 Å². The summed E-state index contributed by atoms with van der Waals surface area (Å²) in [6.07, 6.45) is 1.68. The van der Waals surface area contributed by atoms with Crippen LogP contribution >= 0.6 is 0 Å². The van der Waals surface area contributed by atoms with Gasteiger partial charge in [0.1, 0.15) is 24.2 Å². The summed E-state index contributed by atoms with van der Waals surface area (Å²) >= 11 is 0. The van der Waals surface area contributed by atoms with Crippen molar-refractivity contribution in [2.45, 2.75) is 45.8 Å². The molecule has 0 spiro atoms. The van der Waals surface area contributed by atoms with Gasteiger partial charge >= 0.3 is 0 Å². The molecule has 0 aliphatic rings. The van der Waals surface area contributed by atoms with Crippen LogP contribution in [0.15, 0.2) is 48.5 Å². The summed E-state index contributed by atoms with van der Waals surface area (Å²) in [5.41, 5.74) is 0.860. The lowest BCUT2D eigenvalue weighted by atomic mass is 10.1. The molecule has 8 nitrogen and oxygen atoms in total. The monoisotopic (exact) mass is 493 g/mol. The summed E-state index contributed by atoms with van der Waals surface area (Å²) in [7, 11) is -2.34. The summed E-state index contributed by atoms with van der Waals surface area (Å²) < 4.78 is 44.5. The maximum atomic E-state index is 13.4. The maximum absolute atomic E-state index is 13.4. The molecule has 0 fully saturated rings. The first-order chi connectivity index (χ1) is 16.0. The summed E-state index contributed by atoms with van der Waals surface area (Å²) in [6.45, 7) is 4.90. The van der Waals surface area contributed by atoms with E-state index in [4.69, 9.17) is 4.74 Å². The van der Waals surface area contributed by atoms with Crippen LogP contribution in [0.25, 0.3) is 0 Å². The Morgan fingerprint density at radius 3 is 2.32 bits per heavy atom. The zero-order valence-electron chi connectivity index (χ0n) is 20.1. The smallest absolute Gasteiger partial charge is 0.244 e. The molecule has 0 heterocycles. The molecule has 186 valence electrons. The average molecular weight is 494 g/mol. The molecule has 0 saturated heterocycles. The van der Waals surface area contributed by atoms with Gasteiger partial charge in [-0.2, -0.15) is 0 Å². The molecule has 2 atom stereocenters. The topological polar surface area (TPSA) is 96.0 Å². The van der Waals surface area contributed by atoms with E-state index in [0.29, 0.717) is 17.7 Å². The number of carbonyl (C=O) groups is 2. The summed E-state index contributed by atoms with van der Waals surface area (Å²) in [6, 6.07) is 10.9. The van der Waals surface area contributed by atoms with Gasteiger partial charge in [0.2, 0.25) is 21.8 Å². The predicted octanol–water partition coefficient (Wildman–Crippen LogP) is 2.93. The third-order valence-electron chi connectivity index (χ3n) is 5.45. The molecule has 2 aromatic rings. The molecule has 1 N–H and O–H groups in total. The number of sulfonamides is 1. The second kappa shape index (κ2) is 11.8. The highest BCUT2D eigenvalue weighted by atomic mass is 32.2. The molecule has 10 heteroatoms. The van der Waals surface area contributed by atoms with Crippen LogP contribution in [-0.4, -0.2) is 57.1 Å². The number of hydrogen-bond donors (Lipinski definition) is 1. The number of hydrogen-bond acceptors (Lipinski definition) is 5. The summed E-state index contributed by atoms with van der Waals surface area (Å²) in [5.74, 6) is -0.869. The Hall–Kier alpha value is -3.14. The first-order valence-corrected chi connectivity index (χ1v) is 12.8. The van der Waals surface area contributed by atoms with Gasteiger partial charge in [-0.3, -0.25) is 13.9 Å². The Balaban J connectivity index is 2.39. The number of halogens is 1. The van der Waals surface area contributed by atoms with Crippen LogP contribution in [0.2, 0.25) is 0 Å². The second-order valence-electron chi connectivity index (χ2n) is 8.11.